The van der Waals surface area contributed by atoms with Gasteiger partial charge >= 0.3 is 5.97 Å². The SMILES string of the molecule is COC(=O)c1cn2nc(-c3ccc(F)cc3)cc(C(C)C)c2n1. The van der Waals surface area contributed by atoms with Crippen molar-refractivity contribution in [1.82, 2.24) is 14.6 Å². The minimum Gasteiger partial charge on any atom is -0.464 e. The number of hydrogen-bond donors (Lipinski definition) is 0. The van der Waals surface area contributed by atoms with Crippen molar-refractivity contribution in [3.8, 4) is 11.3 Å². The molecule has 118 valence electrons. The highest BCUT2D eigenvalue weighted by Crippen LogP contribution is 2.26. The van der Waals surface area contributed by atoms with Gasteiger partial charge in [-0.3, -0.25) is 0 Å². The summed E-state index contributed by atoms with van der Waals surface area (Å²) < 4.78 is 19.4. The minimum atomic E-state index is -0.506. The van der Waals surface area contributed by atoms with Crippen LogP contribution in [0, 0.1) is 5.82 Å². The van der Waals surface area contributed by atoms with E-state index in [0.717, 1.165) is 11.1 Å². The van der Waals surface area contributed by atoms with Crippen LogP contribution < -0.4 is 0 Å². The number of carbonyl (C=O) groups excluding carboxylic acids is 1. The van der Waals surface area contributed by atoms with Crippen molar-refractivity contribution in [2.75, 3.05) is 7.11 Å². The molecule has 1 aromatic carbocycles. The van der Waals surface area contributed by atoms with Gasteiger partial charge in [0.15, 0.2) is 11.3 Å². The van der Waals surface area contributed by atoms with Crippen molar-refractivity contribution < 1.29 is 13.9 Å². The van der Waals surface area contributed by atoms with Gasteiger partial charge in [-0.05, 0) is 36.2 Å². The maximum atomic E-state index is 13.1. The Balaban J connectivity index is 2.21. The van der Waals surface area contributed by atoms with Gasteiger partial charge in [-0.1, -0.05) is 13.8 Å². The molecule has 0 fully saturated rings. The average Bonchev–Trinajstić information content (AvgIpc) is 2.97. The number of fused-ring (bicyclic) bond motifs is 1. The molecule has 6 heteroatoms. The molecule has 0 N–H and O–H groups in total. The van der Waals surface area contributed by atoms with Gasteiger partial charge in [0, 0.05) is 11.1 Å². The maximum Gasteiger partial charge on any atom is 0.358 e. The van der Waals surface area contributed by atoms with Crippen LogP contribution >= 0.6 is 0 Å². The van der Waals surface area contributed by atoms with Crippen LogP contribution in [0.1, 0.15) is 35.8 Å². The molecule has 23 heavy (non-hydrogen) atoms. The number of carbonyl (C=O) groups is 1. The zero-order valence-corrected chi connectivity index (χ0v) is 13.1. The van der Waals surface area contributed by atoms with Gasteiger partial charge in [0.25, 0.3) is 0 Å². The first-order chi connectivity index (χ1) is 11.0. The second-order valence-electron chi connectivity index (χ2n) is 5.53. The van der Waals surface area contributed by atoms with E-state index in [-0.39, 0.29) is 17.4 Å². The lowest BCUT2D eigenvalue weighted by atomic mass is 10.0. The lowest BCUT2D eigenvalue weighted by Crippen LogP contribution is -2.01. The zero-order chi connectivity index (χ0) is 16.6. The number of nitrogens with zero attached hydrogens (tertiary/aromatic N) is 3. The Hall–Kier alpha value is -2.76. The van der Waals surface area contributed by atoms with E-state index in [4.69, 9.17) is 4.74 Å². The van der Waals surface area contributed by atoms with Crippen molar-refractivity contribution in [3.05, 3.63) is 53.6 Å². The maximum absolute atomic E-state index is 13.1. The molecule has 2 aromatic heterocycles. The molecule has 0 atom stereocenters. The van der Waals surface area contributed by atoms with E-state index < -0.39 is 5.97 Å². The molecule has 0 amide bonds. The molecule has 5 nitrogen and oxygen atoms in total. The van der Waals surface area contributed by atoms with Crippen molar-refractivity contribution >= 4 is 11.6 Å². The van der Waals surface area contributed by atoms with E-state index in [1.165, 1.54) is 19.2 Å². The fourth-order valence-electron chi connectivity index (χ4n) is 2.39. The van der Waals surface area contributed by atoms with Gasteiger partial charge in [-0.2, -0.15) is 5.10 Å². The number of benzene rings is 1. The number of methoxy groups -OCH3 is 1. The molecule has 2 heterocycles. The highest BCUT2D eigenvalue weighted by molar-refractivity contribution is 5.88. The Kier molecular flexibility index (Phi) is 3.82. The van der Waals surface area contributed by atoms with Crippen molar-refractivity contribution in [2.45, 2.75) is 19.8 Å². The summed E-state index contributed by atoms with van der Waals surface area (Å²) in [5.41, 5.74) is 3.26. The van der Waals surface area contributed by atoms with E-state index >= 15 is 0 Å². The number of esters is 1. The summed E-state index contributed by atoms with van der Waals surface area (Å²) in [5, 5.41) is 4.48. The summed E-state index contributed by atoms with van der Waals surface area (Å²) in [6.07, 6.45) is 1.54. The standard InChI is InChI=1S/C17H16FN3O2/c1-10(2)13-8-14(11-4-6-12(18)7-5-11)20-21-9-15(17(22)23-3)19-16(13)21/h4-10H,1-3H3. The lowest BCUT2D eigenvalue weighted by Gasteiger charge is -2.10. The molecule has 3 rings (SSSR count). The number of rotatable bonds is 3. The van der Waals surface area contributed by atoms with E-state index in [1.54, 1.807) is 22.8 Å². The smallest absolute Gasteiger partial charge is 0.358 e. The van der Waals surface area contributed by atoms with Crippen molar-refractivity contribution in [2.24, 2.45) is 0 Å². The molecule has 0 aliphatic rings. The average molecular weight is 313 g/mol. The van der Waals surface area contributed by atoms with E-state index in [0.29, 0.717) is 11.3 Å². The van der Waals surface area contributed by atoms with Crippen LogP contribution in [0.25, 0.3) is 16.9 Å². The molecule has 0 saturated heterocycles. The molecule has 0 bridgehead atoms. The summed E-state index contributed by atoms with van der Waals surface area (Å²) in [6, 6.07) is 8.05. The molecule has 0 saturated carbocycles. The highest BCUT2D eigenvalue weighted by atomic mass is 19.1. The third-order valence-electron chi connectivity index (χ3n) is 3.61. The third-order valence-corrected chi connectivity index (χ3v) is 3.61. The second-order valence-corrected chi connectivity index (χ2v) is 5.53. The topological polar surface area (TPSA) is 56.5 Å². The van der Waals surface area contributed by atoms with Gasteiger partial charge in [0.05, 0.1) is 19.0 Å². The molecule has 3 aromatic rings. The van der Waals surface area contributed by atoms with Gasteiger partial charge in [-0.25, -0.2) is 18.7 Å². The Bertz CT molecular complexity index is 869. The molecule has 0 unspecified atom stereocenters. The third kappa shape index (κ3) is 2.79. The predicted molar refractivity (Wildman–Crippen MR) is 83.8 cm³/mol. The van der Waals surface area contributed by atoms with Crippen LogP contribution in [0.5, 0.6) is 0 Å². The summed E-state index contributed by atoms with van der Waals surface area (Å²) in [4.78, 5) is 16.0. The lowest BCUT2D eigenvalue weighted by molar-refractivity contribution is 0.0594. The van der Waals surface area contributed by atoms with Crippen molar-refractivity contribution in [1.29, 1.82) is 0 Å². The Morgan fingerprint density at radius 1 is 1.26 bits per heavy atom. The van der Waals surface area contributed by atoms with E-state index in [9.17, 15) is 9.18 Å². The minimum absolute atomic E-state index is 0.188. The second kappa shape index (κ2) is 5.79. The number of imidazole rings is 1. The number of aromatic nitrogens is 3. The van der Waals surface area contributed by atoms with Crippen LogP contribution in [0.4, 0.5) is 4.39 Å². The number of halogens is 1. The van der Waals surface area contributed by atoms with Gasteiger partial charge in [0.2, 0.25) is 0 Å². The quantitative estimate of drug-likeness (QED) is 0.695. The highest BCUT2D eigenvalue weighted by Gasteiger charge is 2.17. The van der Waals surface area contributed by atoms with Crippen LogP contribution in [-0.2, 0) is 4.74 Å². The van der Waals surface area contributed by atoms with Gasteiger partial charge in [-0.15, -0.1) is 0 Å². The summed E-state index contributed by atoms with van der Waals surface area (Å²) in [7, 11) is 1.31. The largest absolute Gasteiger partial charge is 0.464 e. The Morgan fingerprint density at radius 3 is 2.57 bits per heavy atom. The number of hydrogen-bond acceptors (Lipinski definition) is 4. The summed E-state index contributed by atoms with van der Waals surface area (Å²) >= 11 is 0. The van der Waals surface area contributed by atoms with Crippen LogP contribution in [0.15, 0.2) is 36.5 Å². The predicted octanol–water partition coefficient (Wildman–Crippen LogP) is 3.45. The molecular weight excluding hydrogens is 297 g/mol. The van der Waals surface area contributed by atoms with Gasteiger partial charge in [0.1, 0.15) is 5.82 Å². The Morgan fingerprint density at radius 2 is 1.96 bits per heavy atom. The van der Waals surface area contributed by atoms with Gasteiger partial charge < -0.3 is 4.74 Å². The fraction of sp³-hybridized carbons (Fsp3) is 0.235. The number of ether oxygens (including phenoxy) is 1. The fourth-order valence-corrected chi connectivity index (χ4v) is 2.39. The molecule has 0 aliphatic carbocycles. The monoisotopic (exact) mass is 313 g/mol. The first-order valence-corrected chi connectivity index (χ1v) is 7.24. The van der Waals surface area contributed by atoms with E-state index in [1.807, 2.05) is 19.9 Å². The summed E-state index contributed by atoms with van der Waals surface area (Å²) in [5.74, 6) is -0.615. The molecule has 0 spiro atoms. The molecular formula is C17H16FN3O2. The zero-order valence-electron chi connectivity index (χ0n) is 13.1. The van der Waals surface area contributed by atoms with Crippen molar-refractivity contribution in [3.63, 3.8) is 0 Å². The molecule has 0 aliphatic heterocycles. The van der Waals surface area contributed by atoms with Crippen LogP contribution in [-0.4, -0.2) is 27.7 Å². The first-order valence-electron chi connectivity index (χ1n) is 7.24. The van der Waals surface area contributed by atoms with E-state index in [2.05, 4.69) is 10.1 Å². The van der Waals surface area contributed by atoms with Crippen LogP contribution in [0.3, 0.4) is 0 Å². The normalized spacial score (nSPS) is 11.2. The Labute approximate surface area is 132 Å². The summed E-state index contributed by atoms with van der Waals surface area (Å²) in [6.45, 7) is 4.08. The molecule has 0 radical (unpaired) electrons. The van der Waals surface area contributed by atoms with Crippen LogP contribution in [0.2, 0.25) is 0 Å². The first kappa shape index (κ1) is 15.1.